The number of thiazole rings is 1. The van der Waals surface area contributed by atoms with E-state index in [0.717, 1.165) is 10.6 Å². The van der Waals surface area contributed by atoms with Crippen molar-refractivity contribution in [1.82, 2.24) is 10.3 Å². The Hall–Kier alpha value is -1.72. The minimum Gasteiger partial charge on any atom is -0.394 e. The van der Waals surface area contributed by atoms with E-state index in [1.165, 1.54) is 11.3 Å². The van der Waals surface area contributed by atoms with Crippen LogP contribution in [0.25, 0.3) is 11.3 Å². The molecule has 1 atom stereocenters. The molecule has 112 valence electrons. The Morgan fingerprint density at radius 2 is 2.00 bits per heavy atom. The minimum absolute atomic E-state index is 0.0676. The number of aromatic nitrogens is 1. The van der Waals surface area contributed by atoms with Gasteiger partial charge in [-0.3, -0.25) is 4.79 Å². The summed E-state index contributed by atoms with van der Waals surface area (Å²) in [6.07, 6.45) is 0. The van der Waals surface area contributed by atoms with E-state index in [1.807, 2.05) is 51.1 Å². The molecule has 5 heteroatoms. The Bertz CT molecular complexity index is 608. The molecule has 21 heavy (non-hydrogen) atoms. The average Bonchev–Trinajstić information content (AvgIpc) is 2.87. The minimum atomic E-state index is -0.247. The maximum atomic E-state index is 12.5. The molecule has 0 spiro atoms. The summed E-state index contributed by atoms with van der Waals surface area (Å²) in [5.74, 6) is 0.000321. The first-order chi connectivity index (χ1) is 10.0. The van der Waals surface area contributed by atoms with Crippen LogP contribution >= 0.6 is 11.3 Å². The fraction of sp³-hybridized carbons (Fsp3) is 0.375. The van der Waals surface area contributed by atoms with Crippen molar-refractivity contribution in [3.05, 3.63) is 40.2 Å². The quantitative estimate of drug-likeness (QED) is 0.893. The topological polar surface area (TPSA) is 62.2 Å². The molecule has 2 N–H and O–H groups in total. The standard InChI is InChI=1S/C16H20N2O2S/c1-10(2)13(9-19)18-16(20)15-14(17-11(3)21-15)12-7-5-4-6-8-12/h4-8,10,13,19H,9H2,1-3H3,(H,18,20). The van der Waals surface area contributed by atoms with Gasteiger partial charge in [-0.1, -0.05) is 44.2 Å². The number of nitrogens with zero attached hydrogens (tertiary/aromatic N) is 1. The van der Waals surface area contributed by atoms with Crippen LogP contribution in [0.5, 0.6) is 0 Å². The summed E-state index contributed by atoms with van der Waals surface area (Å²) < 4.78 is 0. The number of amides is 1. The largest absolute Gasteiger partial charge is 0.394 e. The number of rotatable bonds is 5. The van der Waals surface area contributed by atoms with Gasteiger partial charge in [0.25, 0.3) is 5.91 Å². The molecule has 2 aromatic rings. The van der Waals surface area contributed by atoms with Crippen molar-refractivity contribution in [1.29, 1.82) is 0 Å². The second-order valence-electron chi connectivity index (χ2n) is 5.28. The second kappa shape index (κ2) is 6.83. The van der Waals surface area contributed by atoms with Crippen LogP contribution in [0.1, 0.15) is 28.5 Å². The first-order valence-electron chi connectivity index (χ1n) is 6.97. The lowest BCUT2D eigenvalue weighted by Gasteiger charge is -2.19. The highest BCUT2D eigenvalue weighted by molar-refractivity contribution is 7.14. The third kappa shape index (κ3) is 3.68. The molecule has 0 fully saturated rings. The van der Waals surface area contributed by atoms with Crippen molar-refractivity contribution in [3.8, 4) is 11.3 Å². The van der Waals surface area contributed by atoms with Gasteiger partial charge in [-0.15, -0.1) is 11.3 Å². The van der Waals surface area contributed by atoms with Gasteiger partial charge in [-0.25, -0.2) is 4.98 Å². The van der Waals surface area contributed by atoms with Crippen molar-refractivity contribution < 1.29 is 9.90 Å². The van der Waals surface area contributed by atoms with Crippen LogP contribution in [0, 0.1) is 12.8 Å². The molecule has 1 heterocycles. The Labute approximate surface area is 128 Å². The van der Waals surface area contributed by atoms with E-state index in [-0.39, 0.29) is 24.5 Å². The molecule has 1 aromatic carbocycles. The Morgan fingerprint density at radius 3 is 2.57 bits per heavy atom. The zero-order chi connectivity index (χ0) is 15.4. The maximum Gasteiger partial charge on any atom is 0.263 e. The van der Waals surface area contributed by atoms with Crippen LogP contribution in [-0.2, 0) is 0 Å². The van der Waals surface area contributed by atoms with Crippen LogP contribution in [0.15, 0.2) is 30.3 Å². The zero-order valence-electron chi connectivity index (χ0n) is 12.5. The highest BCUT2D eigenvalue weighted by Crippen LogP contribution is 2.28. The number of benzene rings is 1. The van der Waals surface area contributed by atoms with Crippen LogP contribution in [0.2, 0.25) is 0 Å². The molecule has 1 unspecified atom stereocenters. The molecular weight excluding hydrogens is 284 g/mol. The van der Waals surface area contributed by atoms with Gasteiger partial charge in [-0.05, 0) is 12.8 Å². The normalized spacial score (nSPS) is 12.4. The highest BCUT2D eigenvalue weighted by atomic mass is 32.1. The lowest BCUT2D eigenvalue weighted by atomic mass is 10.1. The summed E-state index contributed by atoms with van der Waals surface area (Å²) >= 11 is 1.38. The summed E-state index contributed by atoms with van der Waals surface area (Å²) in [6.45, 7) is 5.76. The lowest BCUT2D eigenvalue weighted by Crippen LogP contribution is -2.41. The van der Waals surface area contributed by atoms with E-state index < -0.39 is 0 Å². The number of aryl methyl sites for hydroxylation is 1. The summed E-state index contributed by atoms with van der Waals surface area (Å²) in [6, 6.07) is 9.42. The van der Waals surface area contributed by atoms with E-state index in [2.05, 4.69) is 10.3 Å². The number of aliphatic hydroxyl groups is 1. The zero-order valence-corrected chi connectivity index (χ0v) is 13.3. The predicted molar refractivity (Wildman–Crippen MR) is 85.5 cm³/mol. The first kappa shape index (κ1) is 15.7. The highest BCUT2D eigenvalue weighted by Gasteiger charge is 2.22. The molecule has 1 amide bonds. The summed E-state index contributed by atoms with van der Waals surface area (Å²) in [5.41, 5.74) is 1.63. The van der Waals surface area contributed by atoms with Crippen molar-refractivity contribution in [2.45, 2.75) is 26.8 Å². The second-order valence-corrected chi connectivity index (χ2v) is 6.49. The Kier molecular flexibility index (Phi) is 5.09. The summed E-state index contributed by atoms with van der Waals surface area (Å²) in [4.78, 5) is 17.5. The molecule has 4 nitrogen and oxygen atoms in total. The fourth-order valence-corrected chi connectivity index (χ4v) is 2.87. The van der Waals surface area contributed by atoms with Crippen molar-refractivity contribution in [2.24, 2.45) is 5.92 Å². The number of aliphatic hydroxyl groups excluding tert-OH is 1. The van der Waals surface area contributed by atoms with E-state index in [9.17, 15) is 9.90 Å². The van der Waals surface area contributed by atoms with Gasteiger partial charge in [0, 0.05) is 5.56 Å². The first-order valence-corrected chi connectivity index (χ1v) is 7.79. The number of hydrogen-bond donors (Lipinski definition) is 2. The van der Waals surface area contributed by atoms with Crippen LogP contribution in [-0.4, -0.2) is 28.6 Å². The van der Waals surface area contributed by atoms with Crippen LogP contribution in [0.3, 0.4) is 0 Å². The van der Waals surface area contributed by atoms with Crippen molar-refractivity contribution in [3.63, 3.8) is 0 Å². The Balaban J connectivity index is 2.30. The molecule has 2 rings (SSSR count). The average molecular weight is 304 g/mol. The third-order valence-electron chi connectivity index (χ3n) is 3.31. The third-order valence-corrected chi connectivity index (χ3v) is 4.28. The van der Waals surface area contributed by atoms with E-state index in [4.69, 9.17) is 0 Å². The maximum absolute atomic E-state index is 12.5. The fourth-order valence-electron chi connectivity index (χ4n) is 2.03. The van der Waals surface area contributed by atoms with Gasteiger partial charge in [0.15, 0.2) is 0 Å². The molecule has 0 aliphatic rings. The lowest BCUT2D eigenvalue weighted by molar-refractivity contribution is 0.0901. The molecule has 0 aliphatic heterocycles. The summed E-state index contributed by atoms with van der Waals surface area (Å²) in [5, 5.41) is 13.1. The van der Waals surface area contributed by atoms with Crippen molar-refractivity contribution in [2.75, 3.05) is 6.61 Å². The SMILES string of the molecule is Cc1nc(-c2ccccc2)c(C(=O)NC(CO)C(C)C)s1. The molecule has 1 aromatic heterocycles. The van der Waals surface area contributed by atoms with Crippen LogP contribution < -0.4 is 5.32 Å². The molecule has 0 saturated carbocycles. The molecule has 0 radical (unpaired) electrons. The number of nitrogens with one attached hydrogen (secondary N) is 1. The van der Waals surface area contributed by atoms with Gasteiger partial charge in [0.05, 0.1) is 23.4 Å². The van der Waals surface area contributed by atoms with Gasteiger partial charge in [-0.2, -0.15) is 0 Å². The van der Waals surface area contributed by atoms with E-state index >= 15 is 0 Å². The predicted octanol–water partition coefficient (Wildman–Crippen LogP) is 2.87. The molecule has 0 aliphatic carbocycles. The molecular formula is C16H20N2O2S. The van der Waals surface area contributed by atoms with Gasteiger partial charge in [0.1, 0.15) is 4.88 Å². The van der Waals surface area contributed by atoms with Gasteiger partial charge in [0.2, 0.25) is 0 Å². The number of hydrogen-bond acceptors (Lipinski definition) is 4. The number of carbonyl (C=O) groups is 1. The number of carbonyl (C=O) groups excluding carboxylic acids is 1. The summed E-state index contributed by atoms with van der Waals surface area (Å²) in [7, 11) is 0. The van der Waals surface area contributed by atoms with E-state index in [0.29, 0.717) is 10.6 Å². The van der Waals surface area contributed by atoms with Gasteiger partial charge < -0.3 is 10.4 Å². The smallest absolute Gasteiger partial charge is 0.263 e. The monoisotopic (exact) mass is 304 g/mol. The molecule has 0 bridgehead atoms. The van der Waals surface area contributed by atoms with Crippen LogP contribution in [0.4, 0.5) is 0 Å². The van der Waals surface area contributed by atoms with E-state index in [1.54, 1.807) is 0 Å². The van der Waals surface area contributed by atoms with Gasteiger partial charge >= 0.3 is 0 Å². The van der Waals surface area contributed by atoms with Crippen molar-refractivity contribution >= 4 is 17.2 Å². The Morgan fingerprint density at radius 1 is 1.33 bits per heavy atom. The molecule has 0 saturated heterocycles.